The summed E-state index contributed by atoms with van der Waals surface area (Å²) in [5, 5.41) is 12.2. The summed E-state index contributed by atoms with van der Waals surface area (Å²) in [5.41, 5.74) is 9.51. The standard InChI is InChI=1S/C35H37N3OS/c1-21-16-17-25(22(2)37-21)26-13-11-15-30-31(26)38-33(40-30)27-12-9-10-14-29(27)36-20-23-18-24(34(3,4)5)19-28(32(23)39)35(6,7)8/h9-20,39H,1-8H3. The first kappa shape index (κ1) is 27.7. The summed E-state index contributed by atoms with van der Waals surface area (Å²) in [4.78, 5) is 14.7. The molecule has 2 heterocycles. The first-order chi connectivity index (χ1) is 18.8. The SMILES string of the molecule is Cc1ccc(-c2cccc3sc(-c4ccccc4N=Cc4cc(C(C)(C)C)cc(C(C)(C)C)c4O)nc23)c(C)n1. The molecule has 5 aromatic rings. The number of para-hydroxylation sites is 2. The second-order valence-electron chi connectivity index (χ2n) is 12.5. The van der Waals surface area contributed by atoms with Crippen molar-refractivity contribution in [3.63, 3.8) is 0 Å². The van der Waals surface area contributed by atoms with Crippen molar-refractivity contribution in [2.45, 2.75) is 66.2 Å². The zero-order valence-electron chi connectivity index (χ0n) is 24.6. The van der Waals surface area contributed by atoms with Gasteiger partial charge in [0.25, 0.3) is 0 Å². The third kappa shape index (κ3) is 5.44. The minimum Gasteiger partial charge on any atom is -0.507 e. The largest absolute Gasteiger partial charge is 0.507 e. The summed E-state index contributed by atoms with van der Waals surface area (Å²) in [6.45, 7) is 17.0. The monoisotopic (exact) mass is 547 g/mol. The number of pyridine rings is 1. The Hall–Kier alpha value is -3.83. The smallest absolute Gasteiger partial charge is 0.128 e. The number of nitrogens with zero attached hydrogens (tertiary/aromatic N) is 3. The zero-order chi connectivity index (χ0) is 28.8. The number of aromatic hydroxyl groups is 1. The van der Waals surface area contributed by atoms with Crippen molar-refractivity contribution < 1.29 is 5.11 Å². The van der Waals surface area contributed by atoms with Crippen molar-refractivity contribution in [3.05, 3.63) is 94.8 Å². The molecule has 204 valence electrons. The van der Waals surface area contributed by atoms with Crippen LogP contribution >= 0.6 is 11.3 Å². The second kappa shape index (κ2) is 10.3. The molecule has 4 nitrogen and oxygen atoms in total. The lowest BCUT2D eigenvalue weighted by Crippen LogP contribution is -2.17. The Balaban J connectivity index is 1.60. The molecular weight excluding hydrogens is 510 g/mol. The summed E-state index contributed by atoms with van der Waals surface area (Å²) >= 11 is 1.66. The van der Waals surface area contributed by atoms with Gasteiger partial charge in [-0.3, -0.25) is 9.98 Å². The van der Waals surface area contributed by atoms with E-state index in [0.29, 0.717) is 0 Å². The summed E-state index contributed by atoms with van der Waals surface area (Å²) in [5.74, 6) is 0.286. The van der Waals surface area contributed by atoms with E-state index in [9.17, 15) is 5.11 Å². The van der Waals surface area contributed by atoms with Crippen molar-refractivity contribution in [2.24, 2.45) is 4.99 Å². The van der Waals surface area contributed by atoms with Gasteiger partial charge in [-0.05, 0) is 60.6 Å². The molecule has 3 aromatic carbocycles. The van der Waals surface area contributed by atoms with Crippen molar-refractivity contribution in [1.82, 2.24) is 9.97 Å². The fourth-order valence-electron chi connectivity index (χ4n) is 4.92. The highest BCUT2D eigenvalue weighted by Crippen LogP contribution is 2.40. The Morgan fingerprint density at radius 3 is 2.20 bits per heavy atom. The van der Waals surface area contributed by atoms with Crippen LogP contribution in [0.15, 0.2) is 71.7 Å². The number of phenols is 1. The van der Waals surface area contributed by atoms with Gasteiger partial charge in [-0.15, -0.1) is 11.3 Å². The Kier molecular flexibility index (Phi) is 7.13. The normalized spacial score (nSPS) is 12.5. The van der Waals surface area contributed by atoms with E-state index in [1.807, 2.05) is 38.1 Å². The molecule has 0 unspecified atom stereocenters. The Morgan fingerprint density at radius 2 is 1.50 bits per heavy atom. The van der Waals surface area contributed by atoms with E-state index in [1.165, 1.54) is 5.56 Å². The number of hydrogen-bond acceptors (Lipinski definition) is 5. The van der Waals surface area contributed by atoms with Crippen LogP contribution in [0.4, 0.5) is 5.69 Å². The molecule has 0 aliphatic heterocycles. The third-order valence-electron chi connectivity index (χ3n) is 7.22. The maximum atomic E-state index is 11.2. The highest BCUT2D eigenvalue weighted by molar-refractivity contribution is 7.21. The van der Waals surface area contributed by atoms with Crippen molar-refractivity contribution >= 4 is 33.5 Å². The molecule has 1 N–H and O–H groups in total. The lowest BCUT2D eigenvalue weighted by Gasteiger charge is -2.27. The van der Waals surface area contributed by atoms with E-state index in [1.54, 1.807) is 17.6 Å². The molecule has 40 heavy (non-hydrogen) atoms. The van der Waals surface area contributed by atoms with Gasteiger partial charge in [-0.25, -0.2) is 4.98 Å². The second-order valence-corrected chi connectivity index (χ2v) is 13.5. The molecule has 0 amide bonds. The van der Waals surface area contributed by atoms with Gasteiger partial charge in [0.15, 0.2) is 0 Å². The Morgan fingerprint density at radius 1 is 0.775 bits per heavy atom. The third-order valence-corrected chi connectivity index (χ3v) is 8.28. The number of thiazole rings is 1. The summed E-state index contributed by atoms with van der Waals surface area (Å²) in [7, 11) is 0. The van der Waals surface area contributed by atoms with Crippen LogP contribution in [-0.4, -0.2) is 21.3 Å². The van der Waals surface area contributed by atoms with Crippen molar-refractivity contribution in [2.75, 3.05) is 0 Å². The van der Waals surface area contributed by atoms with Gasteiger partial charge in [-0.1, -0.05) is 77.9 Å². The van der Waals surface area contributed by atoms with Gasteiger partial charge < -0.3 is 5.11 Å². The maximum absolute atomic E-state index is 11.2. The minimum atomic E-state index is -0.199. The molecule has 0 aliphatic carbocycles. The molecule has 0 aliphatic rings. The van der Waals surface area contributed by atoms with Gasteiger partial charge in [0, 0.05) is 45.4 Å². The first-order valence-corrected chi connectivity index (χ1v) is 14.5. The molecule has 0 spiro atoms. The number of phenolic OH excluding ortho intramolecular Hbond substituents is 1. The molecule has 0 saturated carbocycles. The van der Waals surface area contributed by atoms with E-state index in [-0.39, 0.29) is 16.6 Å². The van der Waals surface area contributed by atoms with Gasteiger partial charge in [0.05, 0.1) is 15.9 Å². The van der Waals surface area contributed by atoms with Gasteiger partial charge in [0.2, 0.25) is 0 Å². The van der Waals surface area contributed by atoms with Crippen LogP contribution < -0.4 is 0 Å². The van der Waals surface area contributed by atoms with E-state index in [4.69, 9.17) is 9.98 Å². The number of aryl methyl sites for hydroxylation is 2. The van der Waals surface area contributed by atoms with Crippen LogP contribution in [0.3, 0.4) is 0 Å². The number of fused-ring (bicyclic) bond motifs is 1. The van der Waals surface area contributed by atoms with Crippen LogP contribution in [0.2, 0.25) is 0 Å². The van der Waals surface area contributed by atoms with Gasteiger partial charge >= 0.3 is 0 Å². The topological polar surface area (TPSA) is 58.4 Å². The average Bonchev–Trinajstić information content (AvgIpc) is 3.31. The molecule has 0 fully saturated rings. The van der Waals surface area contributed by atoms with E-state index >= 15 is 0 Å². The average molecular weight is 548 g/mol. The van der Waals surface area contributed by atoms with Gasteiger partial charge in [-0.2, -0.15) is 0 Å². The number of hydrogen-bond donors (Lipinski definition) is 1. The first-order valence-electron chi connectivity index (χ1n) is 13.7. The summed E-state index contributed by atoms with van der Waals surface area (Å²) in [6.07, 6.45) is 1.79. The van der Waals surface area contributed by atoms with Crippen LogP contribution in [-0.2, 0) is 10.8 Å². The zero-order valence-corrected chi connectivity index (χ0v) is 25.4. The fourth-order valence-corrected chi connectivity index (χ4v) is 5.95. The molecule has 2 aromatic heterocycles. The molecular formula is C35H37N3OS. The minimum absolute atomic E-state index is 0.0573. The van der Waals surface area contributed by atoms with Crippen molar-refractivity contribution in [3.8, 4) is 27.4 Å². The van der Waals surface area contributed by atoms with Crippen LogP contribution in [0.1, 0.15) is 69.6 Å². The van der Waals surface area contributed by atoms with E-state index in [2.05, 4.69) is 89.0 Å². The number of benzene rings is 3. The van der Waals surface area contributed by atoms with Crippen molar-refractivity contribution in [1.29, 1.82) is 0 Å². The lowest BCUT2D eigenvalue weighted by molar-refractivity contribution is 0.444. The lowest BCUT2D eigenvalue weighted by atomic mass is 9.79. The molecule has 0 radical (unpaired) electrons. The Labute approximate surface area is 241 Å². The van der Waals surface area contributed by atoms with Crippen LogP contribution in [0, 0.1) is 13.8 Å². The quantitative estimate of drug-likeness (QED) is 0.228. The molecule has 0 saturated heterocycles. The number of aliphatic imine (C=N–C) groups is 1. The summed E-state index contributed by atoms with van der Waals surface area (Å²) < 4.78 is 1.12. The highest BCUT2D eigenvalue weighted by atomic mass is 32.1. The predicted octanol–water partition coefficient (Wildman–Crippen LogP) is 9.69. The number of aromatic nitrogens is 2. The predicted molar refractivity (Wildman–Crippen MR) is 171 cm³/mol. The summed E-state index contributed by atoms with van der Waals surface area (Å²) in [6, 6.07) is 22.8. The maximum Gasteiger partial charge on any atom is 0.128 e. The van der Waals surface area contributed by atoms with Gasteiger partial charge in [0.1, 0.15) is 10.8 Å². The molecule has 5 rings (SSSR count). The van der Waals surface area contributed by atoms with Crippen LogP contribution in [0.25, 0.3) is 31.9 Å². The van der Waals surface area contributed by atoms with Crippen LogP contribution in [0.5, 0.6) is 5.75 Å². The van der Waals surface area contributed by atoms with E-state index in [0.717, 1.165) is 60.1 Å². The van der Waals surface area contributed by atoms with E-state index < -0.39 is 0 Å². The molecule has 0 atom stereocenters. The highest BCUT2D eigenvalue weighted by Gasteiger charge is 2.24. The molecule has 5 heteroatoms. The Bertz CT molecular complexity index is 1750. The molecule has 0 bridgehead atoms. The fraction of sp³-hybridized carbons (Fsp3) is 0.286. The number of rotatable bonds is 4.